The minimum Gasteiger partial charge on any atom is -0.495 e. The first-order valence-electron chi connectivity index (χ1n) is 23.2. The number of hydrogen-bond acceptors (Lipinski definition) is 14. The highest BCUT2D eigenvalue weighted by molar-refractivity contribution is 9.10. The number of benzene rings is 2. The molecule has 20 nitrogen and oxygen atoms in total. The number of para-hydroxylation sites is 2. The van der Waals surface area contributed by atoms with E-state index in [1.54, 1.807) is 23.3 Å². The number of rotatable bonds is 8. The van der Waals surface area contributed by atoms with Gasteiger partial charge in [-0.2, -0.15) is 10.2 Å². The van der Waals surface area contributed by atoms with E-state index < -0.39 is 11.9 Å². The molecule has 0 atom stereocenters. The molecule has 8 aromatic rings. The lowest BCUT2D eigenvalue weighted by molar-refractivity contribution is -0.143. The van der Waals surface area contributed by atoms with Crippen molar-refractivity contribution in [2.75, 3.05) is 25.7 Å². The number of ether oxygens (including phenoxy) is 2. The van der Waals surface area contributed by atoms with Gasteiger partial charge in [0.25, 0.3) is 0 Å². The highest BCUT2D eigenvalue weighted by Crippen LogP contribution is 2.41. The predicted molar refractivity (Wildman–Crippen MR) is 267 cm³/mol. The molecule has 2 saturated carbocycles. The largest absolute Gasteiger partial charge is 0.512 e. The zero-order chi connectivity index (χ0) is 49.6. The number of halogens is 1. The molecule has 0 unspecified atom stereocenters. The quantitative estimate of drug-likeness (QED) is 0.0802. The van der Waals surface area contributed by atoms with Gasteiger partial charge in [0, 0.05) is 28.2 Å². The van der Waals surface area contributed by atoms with Crippen LogP contribution in [0.15, 0.2) is 65.8 Å². The molecule has 1 saturated heterocycles. The van der Waals surface area contributed by atoms with E-state index >= 15 is 0 Å². The molecule has 0 bridgehead atoms. The number of nitrogens with two attached hydrogens (primary N) is 2. The van der Waals surface area contributed by atoms with Gasteiger partial charge in [0.05, 0.1) is 54.0 Å². The van der Waals surface area contributed by atoms with Crippen LogP contribution in [0.3, 0.4) is 0 Å². The Kier molecular flexibility index (Phi) is 13.2. The number of aliphatic carboxylic acids is 2. The second-order valence-corrected chi connectivity index (χ2v) is 19.8. The molecule has 0 amide bonds. The minimum absolute atomic E-state index is 0.120. The number of nitrogen functional groups attached to an aromatic ring is 2. The van der Waals surface area contributed by atoms with Crippen LogP contribution in [-0.4, -0.2) is 104 Å². The van der Waals surface area contributed by atoms with Gasteiger partial charge < -0.3 is 50.4 Å². The Morgan fingerprint density at radius 2 is 1.19 bits per heavy atom. The molecule has 8 N–H and O–H groups in total. The predicted octanol–water partition coefficient (Wildman–Crippen LogP) is 7.52. The summed E-state index contributed by atoms with van der Waals surface area (Å²) in [5.41, 5.74) is 17.0. The number of anilines is 2. The van der Waals surface area contributed by atoms with Gasteiger partial charge in [-0.25, -0.2) is 29.0 Å². The molecule has 70 heavy (non-hydrogen) atoms. The van der Waals surface area contributed by atoms with Gasteiger partial charge >= 0.3 is 19.1 Å². The lowest BCUT2D eigenvalue weighted by Crippen LogP contribution is -2.41. The third-order valence-electron chi connectivity index (χ3n) is 14.3. The number of carboxylic acid groups (broad SMARTS) is 2. The Hall–Kier alpha value is -6.78. The van der Waals surface area contributed by atoms with E-state index in [1.165, 1.54) is 12.7 Å². The van der Waals surface area contributed by atoms with Gasteiger partial charge in [-0.15, -0.1) is 0 Å². The van der Waals surface area contributed by atoms with Crippen molar-refractivity contribution in [3.05, 3.63) is 77.4 Å². The van der Waals surface area contributed by atoms with Gasteiger partial charge in [-0.1, -0.05) is 24.3 Å². The Labute approximate surface area is 411 Å². The number of nitrogens with one attached hydrogen (secondary N) is 2. The van der Waals surface area contributed by atoms with Gasteiger partial charge in [-0.3, -0.25) is 9.59 Å². The van der Waals surface area contributed by atoms with E-state index in [-0.39, 0.29) is 42.0 Å². The first-order chi connectivity index (χ1) is 33.5. The van der Waals surface area contributed by atoms with Crippen LogP contribution in [0.2, 0.25) is 0 Å². The number of fused-ring (bicyclic) bond motifs is 4. The molecule has 0 radical (unpaired) electrons. The second kappa shape index (κ2) is 19.2. The Balaban J connectivity index is 0.000000135. The summed E-state index contributed by atoms with van der Waals surface area (Å²) in [6.07, 6.45) is 8.54. The van der Waals surface area contributed by atoms with Gasteiger partial charge in [0.15, 0.2) is 11.6 Å². The molecule has 6 aromatic heterocycles. The van der Waals surface area contributed by atoms with Crippen LogP contribution in [0.4, 0.5) is 11.6 Å². The molecular weight excluding hydrogens is 963 g/mol. The normalized spacial score (nSPS) is 20.8. The maximum Gasteiger partial charge on any atom is 0.512 e. The molecular formula is C48H56BBrN12O8. The summed E-state index contributed by atoms with van der Waals surface area (Å²) in [4.78, 5) is 46.6. The average molecular weight is 1020 g/mol. The number of hydrogen-bond donors (Lipinski definition) is 6. The van der Waals surface area contributed by atoms with E-state index in [4.69, 9.17) is 40.3 Å². The molecule has 2 aromatic carbocycles. The van der Waals surface area contributed by atoms with Gasteiger partial charge in [0.1, 0.15) is 57.1 Å². The second-order valence-electron chi connectivity index (χ2n) is 19.0. The smallest absolute Gasteiger partial charge is 0.495 e. The summed E-state index contributed by atoms with van der Waals surface area (Å²) in [7, 11) is 2.93. The fourth-order valence-corrected chi connectivity index (χ4v) is 10.2. The van der Waals surface area contributed by atoms with Crippen molar-refractivity contribution in [2.45, 2.75) is 102 Å². The van der Waals surface area contributed by atoms with Gasteiger partial charge in [-0.05, 0) is 119 Å². The van der Waals surface area contributed by atoms with E-state index in [0.717, 1.165) is 81.9 Å². The summed E-state index contributed by atoms with van der Waals surface area (Å²) in [6, 6.07) is 15.9. The first kappa shape index (κ1) is 48.3. The first-order valence-corrected chi connectivity index (χ1v) is 24.0. The molecule has 22 heteroatoms. The zero-order valence-corrected chi connectivity index (χ0v) is 41.4. The minimum atomic E-state index is -0.722. The summed E-state index contributed by atoms with van der Waals surface area (Å²) < 4.78 is 27.0. The fourth-order valence-electron chi connectivity index (χ4n) is 9.67. The van der Waals surface area contributed by atoms with Crippen LogP contribution < -0.4 is 26.5 Å². The lowest BCUT2D eigenvalue weighted by atomic mass is 9.82. The van der Waals surface area contributed by atoms with E-state index in [1.807, 2.05) is 42.5 Å². The number of aromatic amines is 2. The Bertz CT molecular complexity index is 3210. The van der Waals surface area contributed by atoms with Crippen LogP contribution in [-0.2, 0) is 18.9 Å². The molecule has 7 heterocycles. The fraction of sp³-hybridized carbons (Fsp3) is 0.417. The van der Waals surface area contributed by atoms with Gasteiger partial charge in [0.2, 0.25) is 0 Å². The number of imidazole rings is 2. The van der Waals surface area contributed by atoms with Crippen molar-refractivity contribution in [3.63, 3.8) is 0 Å². The Morgan fingerprint density at radius 3 is 1.70 bits per heavy atom. The van der Waals surface area contributed by atoms with Crippen LogP contribution in [0, 0.1) is 11.8 Å². The average Bonchev–Trinajstić information content (AvgIpc) is 4.17. The van der Waals surface area contributed by atoms with Crippen LogP contribution >= 0.6 is 15.9 Å². The third kappa shape index (κ3) is 9.10. The van der Waals surface area contributed by atoms with Crippen molar-refractivity contribution in [2.24, 2.45) is 11.8 Å². The monoisotopic (exact) mass is 1020 g/mol. The standard InChI is InChI=1S/C21H22N6O3.C15H20BNO3.C12H14BrN5O2/c1-30-15-4-2-3-13-9-14(25-16(13)15)17-18-19(22)23-10-24-27(18)20(26-17)11-5-7-12(8-6-11)21(28)29;1-14(2)15(3,4)20-16(19-14)12-9-10-7-6-8-11(18-5)13(10)17-12;13-9-8-10(14)15-5-16-18(8)11(17-9)6-1-3-7(4-2-6)12(19)20/h2-4,9-12,25H,5-8H2,1H3,(H,28,29)(H2,22,23,24);6-9,17H,1-5H3;5-7H,1-4H2,(H,19,20)(H2,14,15,16). The van der Waals surface area contributed by atoms with Crippen LogP contribution in [0.25, 0.3) is 44.2 Å². The lowest BCUT2D eigenvalue weighted by Gasteiger charge is -2.32. The van der Waals surface area contributed by atoms with Crippen LogP contribution in [0.5, 0.6) is 11.5 Å². The Morgan fingerprint density at radius 1 is 0.714 bits per heavy atom. The summed E-state index contributed by atoms with van der Waals surface area (Å²) in [5, 5.41) is 29.1. The molecule has 3 fully saturated rings. The maximum atomic E-state index is 11.3. The molecule has 3 aliphatic rings. The summed E-state index contributed by atoms with van der Waals surface area (Å²) in [5.74, 6) is 2.30. The van der Waals surface area contributed by atoms with Crippen molar-refractivity contribution in [1.82, 2.24) is 49.1 Å². The van der Waals surface area contributed by atoms with E-state index in [2.05, 4.69) is 84.8 Å². The van der Waals surface area contributed by atoms with E-state index in [0.29, 0.717) is 58.6 Å². The molecule has 0 spiro atoms. The number of carbonyl (C=O) groups is 2. The summed E-state index contributed by atoms with van der Waals surface area (Å²) >= 11 is 3.38. The number of carboxylic acids is 2. The highest BCUT2D eigenvalue weighted by Gasteiger charge is 2.52. The number of aromatic nitrogens is 10. The third-order valence-corrected chi connectivity index (χ3v) is 14.8. The molecule has 11 rings (SSSR count). The topological polar surface area (TPSA) is 281 Å². The SMILES string of the molecule is COc1cccc2cc(-c3nc(C4CCC(C(=O)O)CC4)n4ncnc(N)c34)[nH]c12.COc1cccc2cc(B3OC(C)(C)C(C)(C)O3)[nH]c12.Nc1ncnn2c(C3CCC(C(=O)O)CC3)nc(Br)c12. The van der Waals surface area contributed by atoms with Crippen molar-refractivity contribution >= 4 is 85.1 Å². The molecule has 1 aliphatic heterocycles. The van der Waals surface area contributed by atoms with Crippen molar-refractivity contribution in [1.29, 1.82) is 0 Å². The zero-order valence-electron chi connectivity index (χ0n) is 39.8. The number of H-pyrrole nitrogens is 2. The molecule has 366 valence electrons. The van der Waals surface area contributed by atoms with Crippen molar-refractivity contribution < 1.29 is 38.6 Å². The number of methoxy groups -OCH3 is 2. The molecule has 2 aliphatic carbocycles. The highest BCUT2D eigenvalue weighted by atomic mass is 79.9. The van der Waals surface area contributed by atoms with Crippen LogP contribution in [0.1, 0.15) is 103 Å². The van der Waals surface area contributed by atoms with E-state index in [9.17, 15) is 14.7 Å². The van der Waals surface area contributed by atoms with Crippen molar-refractivity contribution in [3.8, 4) is 22.9 Å². The maximum absolute atomic E-state index is 11.3. The summed E-state index contributed by atoms with van der Waals surface area (Å²) in [6.45, 7) is 8.21. The number of nitrogens with zero attached hydrogens (tertiary/aromatic N) is 8.